The number of aliphatic carboxylic acids is 1. The standard InChI is InChI=1S/C18H18N2O5/c21-17(22)11-24-14-6-4-13(5-7-14)20-18(23)12-8-9-19-16(10-12)25-15-2-1-3-15/h4-10,15H,1-3,11H2,(H,20,23)(H,21,22). The normalized spacial score (nSPS) is 13.6. The summed E-state index contributed by atoms with van der Waals surface area (Å²) in [6.45, 7) is -0.410. The summed E-state index contributed by atoms with van der Waals surface area (Å²) >= 11 is 0. The van der Waals surface area contributed by atoms with Crippen LogP contribution in [0.15, 0.2) is 42.6 Å². The quantitative estimate of drug-likeness (QED) is 0.803. The Balaban J connectivity index is 1.59. The lowest BCUT2D eigenvalue weighted by molar-refractivity contribution is -0.139. The van der Waals surface area contributed by atoms with Gasteiger partial charge in [0.15, 0.2) is 6.61 Å². The third-order valence-corrected chi connectivity index (χ3v) is 3.81. The van der Waals surface area contributed by atoms with Gasteiger partial charge in [0.05, 0.1) is 0 Å². The van der Waals surface area contributed by atoms with Crippen LogP contribution in [0.25, 0.3) is 0 Å². The van der Waals surface area contributed by atoms with Gasteiger partial charge in [-0.05, 0) is 49.6 Å². The molecule has 1 heterocycles. The fourth-order valence-corrected chi connectivity index (χ4v) is 2.26. The lowest BCUT2D eigenvalue weighted by Gasteiger charge is -2.25. The Kier molecular flexibility index (Phi) is 5.13. The summed E-state index contributed by atoms with van der Waals surface area (Å²) in [6.07, 6.45) is 4.95. The van der Waals surface area contributed by atoms with Crippen molar-refractivity contribution in [1.29, 1.82) is 0 Å². The molecule has 7 nitrogen and oxygen atoms in total. The molecule has 1 aromatic heterocycles. The second-order valence-electron chi connectivity index (χ2n) is 5.71. The van der Waals surface area contributed by atoms with Gasteiger partial charge >= 0.3 is 5.97 Å². The third-order valence-electron chi connectivity index (χ3n) is 3.81. The summed E-state index contributed by atoms with van der Waals surface area (Å²) in [7, 11) is 0. The highest BCUT2D eigenvalue weighted by atomic mass is 16.5. The molecule has 130 valence electrons. The van der Waals surface area contributed by atoms with Crippen LogP contribution >= 0.6 is 0 Å². The van der Waals surface area contributed by atoms with Crippen molar-refractivity contribution in [2.75, 3.05) is 11.9 Å². The Bertz CT molecular complexity index is 756. The zero-order valence-corrected chi connectivity index (χ0v) is 13.5. The van der Waals surface area contributed by atoms with E-state index in [1.165, 1.54) is 0 Å². The van der Waals surface area contributed by atoms with Gasteiger partial charge in [0.1, 0.15) is 11.9 Å². The van der Waals surface area contributed by atoms with Gasteiger partial charge in [0.25, 0.3) is 5.91 Å². The molecule has 2 N–H and O–H groups in total. The summed E-state index contributed by atoms with van der Waals surface area (Å²) in [5.41, 5.74) is 1.03. The molecule has 1 aliphatic carbocycles. The number of benzene rings is 1. The Hall–Kier alpha value is -3.09. The van der Waals surface area contributed by atoms with Gasteiger partial charge in [0.2, 0.25) is 5.88 Å². The first-order valence-corrected chi connectivity index (χ1v) is 7.99. The highest BCUT2D eigenvalue weighted by Gasteiger charge is 2.20. The first kappa shape index (κ1) is 16.8. The predicted octanol–water partition coefficient (Wildman–Crippen LogP) is 2.73. The molecule has 0 unspecified atom stereocenters. The SMILES string of the molecule is O=C(O)COc1ccc(NC(=O)c2ccnc(OC3CCC3)c2)cc1. The smallest absolute Gasteiger partial charge is 0.341 e. The van der Waals surface area contributed by atoms with Crippen LogP contribution in [-0.4, -0.2) is 34.7 Å². The van der Waals surface area contributed by atoms with Crippen molar-refractivity contribution < 1.29 is 24.2 Å². The van der Waals surface area contributed by atoms with Crippen molar-refractivity contribution in [1.82, 2.24) is 4.98 Å². The van der Waals surface area contributed by atoms with E-state index in [1.54, 1.807) is 42.6 Å². The Morgan fingerprint density at radius 3 is 2.60 bits per heavy atom. The van der Waals surface area contributed by atoms with Crippen LogP contribution in [0.3, 0.4) is 0 Å². The van der Waals surface area contributed by atoms with E-state index in [-0.39, 0.29) is 12.0 Å². The van der Waals surface area contributed by atoms with Gasteiger partial charge < -0.3 is 19.9 Å². The van der Waals surface area contributed by atoms with Crippen molar-refractivity contribution in [3.63, 3.8) is 0 Å². The maximum absolute atomic E-state index is 12.3. The van der Waals surface area contributed by atoms with Crippen LogP contribution in [0.1, 0.15) is 29.6 Å². The van der Waals surface area contributed by atoms with Crippen LogP contribution in [0.4, 0.5) is 5.69 Å². The van der Waals surface area contributed by atoms with Gasteiger partial charge in [-0.2, -0.15) is 0 Å². The topological polar surface area (TPSA) is 97.8 Å². The molecule has 0 radical (unpaired) electrons. The minimum absolute atomic E-state index is 0.198. The zero-order chi connectivity index (χ0) is 17.6. The minimum Gasteiger partial charge on any atom is -0.482 e. The van der Waals surface area contributed by atoms with Crippen molar-refractivity contribution in [3.8, 4) is 11.6 Å². The van der Waals surface area contributed by atoms with E-state index >= 15 is 0 Å². The fourth-order valence-electron chi connectivity index (χ4n) is 2.26. The molecule has 1 aromatic carbocycles. The average molecular weight is 342 g/mol. The zero-order valence-electron chi connectivity index (χ0n) is 13.5. The molecule has 2 aromatic rings. The number of carbonyl (C=O) groups excluding carboxylic acids is 1. The summed E-state index contributed by atoms with van der Waals surface area (Å²) in [6, 6.07) is 9.71. The molecule has 1 saturated carbocycles. The monoisotopic (exact) mass is 342 g/mol. The first-order chi connectivity index (χ1) is 12.1. The molecule has 1 aliphatic rings. The number of aromatic nitrogens is 1. The molecule has 3 rings (SSSR count). The van der Waals surface area contributed by atoms with Crippen molar-refractivity contribution in [2.24, 2.45) is 0 Å². The number of amides is 1. The second kappa shape index (κ2) is 7.65. The van der Waals surface area contributed by atoms with Crippen LogP contribution < -0.4 is 14.8 Å². The number of hydrogen-bond acceptors (Lipinski definition) is 5. The number of anilines is 1. The van der Waals surface area contributed by atoms with Gasteiger partial charge in [-0.25, -0.2) is 9.78 Å². The molecule has 1 fully saturated rings. The van der Waals surface area contributed by atoms with E-state index in [0.717, 1.165) is 19.3 Å². The number of carboxylic acids is 1. The molecule has 25 heavy (non-hydrogen) atoms. The highest BCUT2D eigenvalue weighted by molar-refractivity contribution is 6.04. The number of ether oxygens (including phenoxy) is 2. The fraction of sp³-hybridized carbons (Fsp3) is 0.278. The van der Waals surface area contributed by atoms with Crippen LogP contribution in [0.5, 0.6) is 11.6 Å². The number of rotatable bonds is 7. The van der Waals surface area contributed by atoms with Crippen LogP contribution in [0, 0.1) is 0 Å². The van der Waals surface area contributed by atoms with Gasteiger partial charge in [0, 0.05) is 23.5 Å². The molecular weight excluding hydrogens is 324 g/mol. The highest BCUT2D eigenvalue weighted by Crippen LogP contribution is 2.24. The van der Waals surface area contributed by atoms with Gasteiger partial charge in [-0.15, -0.1) is 0 Å². The maximum Gasteiger partial charge on any atom is 0.341 e. The maximum atomic E-state index is 12.3. The predicted molar refractivity (Wildman–Crippen MR) is 90.0 cm³/mol. The van der Waals surface area contributed by atoms with E-state index in [4.69, 9.17) is 14.6 Å². The third kappa shape index (κ3) is 4.69. The Morgan fingerprint density at radius 1 is 1.20 bits per heavy atom. The van der Waals surface area contributed by atoms with Gasteiger partial charge in [-0.1, -0.05) is 0 Å². The van der Waals surface area contributed by atoms with Crippen molar-refractivity contribution >= 4 is 17.6 Å². The molecular formula is C18H18N2O5. The molecule has 0 atom stereocenters. The first-order valence-electron chi connectivity index (χ1n) is 7.99. The molecule has 1 amide bonds. The van der Waals surface area contributed by atoms with E-state index in [2.05, 4.69) is 10.3 Å². The lowest BCUT2D eigenvalue weighted by atomic mass is 9.96. The summed E-state index contributed by atoms with van der Waals surface area (Å²) in [5, 5.41) is 11.3. The van der Waals surface area contributed by atoms with Gasteiger partial charge in [-0.3, -0.25) is 4.79 Å². The Morgan fingerprint density at radius 2 is 1.96 bits per heavy atom. The van der Waals surface area contributed by atoms with Crippen LogP contribution in [-0.2, 0) is 4.79 Å². The van der Waals surface area contributed by atoms with E-state index < -0.39 is 12.6 Å². The van der Waals surface area contributed by atoms with E-state index in [9.17, 15) is 9.59 Å². The largest absolute Gasteiger partial charge is 0.482 e. The van der Waals surface area contributed by atoms with E-state index in [1.807, 2.05) is 0 Å². The number of carbonyl (C=O) groups is 2. The minimum atomic E-state index is -1.05. The molecule has 0 bridgehead atoms. The number of nitrogens with zero attached hydrogens (tertiary/aromatic N) is 1. The van der Waals surface area contributed by atoms with Crippen LogP contribution in [0.2, 0.25) is 0 Å². The molecule has 0 spiro atoms. The lowest BCUT2D eigenvalue weighted by Crippen LogP contribution is -2.25. The number of hydrogen-bond donors (Lipinski definition) is 2. The second-order valence-corrected chi connectivity index (χ2v) is 5.71. The number of nitrogens with one attached hydrogen (secondary N) is 1. The van der Waals surface area contributed by atoms with Crippen molar-refractivity contribution in [3.05, 3.63) is 48.2 Å². The molecule has 0 aliphatic heterocycles. The molecule has 0 saturated heterocycles. The summed E-state index contributed by atoms with van der Waals surface area (Å²) in [5.74, 6) is -0.453. The number of carboxylic acid groups (broad SMARTS) is 1. The average Bonchev–Trinajstić information content (AvgIpc) is 2.58. The molecule has 7 heteroatoms. The summed E-state index contributed by atoms with van der Waals surface area (Å²) in [4.78, 5) is 26.9. The Labute approximate surface area is 144 Å². The summed E-state index contributed by atoms with van der Waals surface area (Å²) < 4.78 is 10.7. The van der Waals surface area contributed by atoms with E-state index in [0.29, 0.717) is 22.9 Å². The number of pyridine rings is 1. The van der Waals surface area contributed by atoms with Crippen molar-refractivity contribution in [2.45, 2.75) is 25.4 Å².